The van der Waals surface area contributed by atoms with Gasteiger partial charge in [-0.25, -0.2) is 9.36 Å². The number of cyclic esters (lactones) is 1. The van der Waals surface area contributed by atoms with Gasteiger partial charge in [0.2, 0.25) is 11.8 Å². The van der Waals surface area contributed by atoms with Crippen LogP contribution >= 0.6 is 7.82 Å². The van der Waals surface area contributed by atoms with E-state index in [1.165, 1.54) is 24.3 Å². The highest BCUT2D eigenvalue weighted by molar-refractivity contribution is 7.46. The van der Waals surface area contributed by atoms with Crippen LogP contribution in [0.5, 0.6) is 0 Å². The van der Waals surface area contributed by atoms with Gasteiger partial charge in [0.25, 0.3) is 0 Å². The fraction of sp³-hybridized carbons (Fsp3) is 0.703. The maximum atomic E-state index is 12.6. The SMILES string of the molecule is CC[C@H]1C=CC(=O)O[C@H]1/C=C/[C@](O)(CCNC(=O)CCCCCCCCCCC(N)=O)[C@@H](C[C@@H](O)/C=C\C=C/[C@@H]1CCC[C@H](O)C1)OP(=O)(O)O. The second kappa shape index (κ2) is 23.8. The van der Waals surface area contributed by atoms with E-state index in [1.54, 1.807) is 18.2 Å². The molecule has 8 N–H and O–H groups in total. The van der Waals surface area contributed by atoms with E-state index in [0.717, 1.165) is 64.2 Å². The van der Waals surface area contributed by atoms with Crippen molar-refractivity contribution in [3.8, 4) is 0 Å². The Labute approximate surface area is 302 Å². The molecule has 1 fully saturated rings. The van der Waals surface area contributed by atoms with Gasteiger partial charge in [-0.3, -0.25) is 14.1 Å². The molecule has 0 aromatic carbocycles. The molecule has 290 valence electrons. The van der Waals surface area contributed by atoms with Crippen LogP contribution in [-0.2, 0) is 28.2 Å². The number of hydrogen-bond acceptors (Lipinski definition) is 9. The number of ether oxygens (including phenoxy) is 1. The van der Waals surface area contributed by atoms with Gasteiger partial charge in [0, 0.05) is 37.8 Å². The van der Waals surface area contributed by atoms with Gasteiger partial charge in [0.05, 0.1) is 12.2 Å². The number of nitrogens with two attached hydrogens (primary N) is 1. The minimum absolute atomic E-state index is 0.0600. The van der Waals surface area contributed by atoms with E-state index in [4.69, 9.17) is 15.0 Å². The third-order valence-corrected chi connectivity index (χ3v) is 9.95. The number of phosphoric ester groups is 1. The highest BCUT2D eigenvalue weighted by atomic mass is 31.2. The van der Waals surface area contributed by atoms with Crippen LogP contribution in [0.3, 0.4) is 0 Å². The first-order chi connectivity index (χ1) is 24.2. The fourth-order valence-corrected chi connectivity index (χ4v) is 7.06. The van der Waals surface area contributed by atoms with Crippen LogP contribution in [-0.4, -0.2) is 79.5 Å². The van der Waals surface area contributed by atoms with Crippen molar-refractivity contribution in [1.82, 2.24) is 5.32 Å². The second-order valence-electron chi connectivity index (χ2n) is 13.8. The zero-order valence-corrected chi connectivity index (χ0v) is 30.9. The minimum atomic E-state index is -5.17. The summed E-state index contributed by atoms with van der Waals surface area (Å²) in [6.45, 7) is 1.84. The number of phosphoric acid groups is 1. The summed E-state index contributed by atoms with van der Waals surface area (Å²) in [6.07, 6.45) is 19.9. The van der Waals surface area contributed by atoms with Crippen LogP contribution < -0.4 is 11.1 Å². The highest BCUT2D eigenvalue weighted by Crippen LogP contribution is 2.42. The Morgan fingerprint density at radius 2 is 1.75 bits per heavy atom. The van der Waals surface area contributed by atoms with E-state index in [1.807, 2.05) is 13.0 Å². The van der Waals surface area contributed by atoms with E-state index in [9.17, 15) is 44.1 Å². The number of carbonyl (C=O) groups is 3. The molecule has 0 unspecified atom stereocenters. The average molecular weight is 741 g/mol. The Morgan fingerprint density at radius 1 is 1.08 bits per heavy atom. The number of aliphatic hydroxyl groups excluding tert-OH is 2. The molecule has 0 bridgehead atoms. The maximum Gasteiger partial charge on any atom is 0.469 e. The quantitative estimate of drug-likeness (QED) is 0.0226. The van der Waals surface area contributed by atoms with Crippen molar-refractivity contribution in [2.24, 2.45) is 17.6 Å². The van der Waals surface area contributed by atoms with Crippen LogP contribution in [0.15, 0.2) is 48.6 Å². The molecule has 7 atom stereocenters. The third kappa shape index (κ3) is 19.7. The molecule has 2 rings (SSSR count). The van der Waals surface area contributed by atoms with Crippen molar-refractivity contribution in [3.63, 3.8) is 0 Å². The van der Waals surface area contributed by atoms with Gasteiger partial charge in [-0.1, -0.05) is 88.3 Å². The van der Waals surface area contributed by atoms with Gasteiger partial charge < -0.3 is 40.9 Å². The molecular weight excluding hydrogens is 679 g/mol. The van der Waals surface area contributed by atoms with Gasteiger partial charge >= 0.3 is 13.8 Å². The first-order valence-corrected chi connectivity index (χ1v) is 20.0. The number of allylic oxidation sites excluding steroid dienone is 3. The van der Waals surface area contributed by atoms with E-state index >= 15 is 0 Å². The lowest BCUT2D eigenvalue weighted by molar-refractivity contribution is -0.144. The molecule has 14 heteroatoms. The minimum Gasteiger partial charge on any atom is -0.454 e. The van der Waals surface area contributed by atoms with Crippen LogP contribution in [0.2, 0.25) is 0 Å². The maximum absolute atomic E-state index is 12.6. The lowest BCUT2D eigenvalue weighted by Gasteiger charge is -2.35. The largest absolute Gasteiger partial charge is 0.469 e. The number of carbonyl (C=O) groups excluding carboxylic acids is 3. The molecule has 1 aliphatic carbocycles. The lowest BCUT2D eigenvalue weighted by Crippen LogP contribution is -2.46. The van der Waals surface area contributed by atoms with Crippen molar-refractivity contribution < 1.29 is 53.3 Å². The van der Waals surface area contributed by atoms with Gasteiger partial charge in [-0.05, 0) is 56.9 Å². The Morgan fingerprint density at radius 3 is 2.37 bits per heavy atom. The van der Waals surface area contributed by atoms with E-state index < -0.39 is 44.1 Å². The molecule has 1 saturated carbocycles. The van der Waals surface area contributed by atoms with Crippen molar-refractivity contribution in [3.05, 3.63) is 48.6 Å². The number of rotatable bonds is 25. The van der Waals surface area contributed by atoms with Crippen LogP contribution in [0, 0.1) is 11.8 Å². The third-order valence-electron chi connectivity index (χ3n) is 9.42. The summed E-state index contributed by atoms with van der Waals surface area (Å²) in [6, 6.07) is 0. The van der Waals surface area contributed by atoms with Crippen molar-refractivity contribution in [1.29, 1.82) is 0 Å². The molecule has 0 radical (unpaired) electrons. The Bertz CT molecular complexity index is 1230. The molecule has 2 amide bonds. The first kappa shape index (κ1) is 44.5. The van der Waals surface area contributed by atoms with E-state index in [-0.39, 0.29) is 49.1 Å². The fourth-order valence-electron chi connectivity index (χ4n) is 6.46. The molecule has 2 aliphatic rings. The van der Waals surface area contributed by atoms with E-state index in [0.29, 0.717) is 25.7 Å². The zero-order chi connectivity index (χ0) is 37.7. The number of amides is 2. The van der Waals surface area contributed by atoms with Crippen LogP contribution in [0.1, 0.15) is 116 Å². The topological polar surface area (TPSA) is 226 Å². The standard InChI is InChI=1S/C37H61N2O11P/c1-2-29-20-21-36(44)49-32(29)22-23-37(45,24-25-39-35(43)19-10-8-6-4-3-5-7-9-18-34(38)42)33(50-51(46,47)48)27-31(41)16-12-11-14-28-15-13-17-30(40)26-28/h11-12,14,16,20-23,28-33,40-41,45H,2-10,13,15,17-19,24-27H2,1H3,(H2,38,42)(H,39,43)(H2,46,47,48)/b14-11-,16-12-,23-22+/t28-,29+,30+,31+,32+,33-,37+/m1/s1. The summed E-state index contributed by atoms with van der Waals surface area (Å²) in [5.74, 6) is -1.07. The van der Waals surface area contributed by atoms with Gasteiger partial charge in [-0.15, -0.1) is 0 Å². The highest BCUT2D eigenvalue weighted by Gasteiger charge is 2.41. The van der Waals surface area contributed by atoms with Crippen molar-refractivity contribution in [2.45, 2.75) is 146 Å². The molecule has 0 spiro atoms. The Hall–Kier alpha value is -2.64. The monoisotopic (exact) mass is 740 g/mol. The van der Waals surface area contributed by atoms with Gasteiger partial charge in [0.1, 0.15) is 17.8 Å². The molecule has 0 aromatic heterocycles. The average Bonchev–Trinajstić information content (AvgIpc) is 3.05. The predicted octanol–water partition coefficient (Wildman–Crippen LogP) is 4.57. The molecule has 1 heterocycles. The van der Waals surface area contributed by atoms with E-state index in [2.05, 4.69) is 5.32 Å². The summed E-state index contributed by atoms with van der Waals surface area (Å²) in [7, 11) is -5.17. The summed E-state index contributed by atoms with van der Waals surface area (Å²) in [5, 5.41) is 35.4. The normalized spacial score (nSPS) is 23.8. The molecule has 51 heavy (non-hydrogen) atoms. The van der Waals surface area contributed by atoms with Crippen molar-refractivity contribution in [2.75, 3.05) is 6.54 Å². The first-order valence-electron chi connectivity index (χ1n) is 18.5. The van der Waals surface area contributed by atoms with Gasteiger partial charge in [-0.2, -0.15) is 0 Å². The molecule has 0 saturated heterocycles. The van der Waals surface area contributed by atoms with Crippen LogP contribution in [0.25, 0.3) is 0 Å². The smallest absolute Gasteiger partial charge is 0.454 e. The summed E-state index contributed by atoms with van der Waals surface area (Å²) in [4.78, 5) is 55.0. The lowest BCUT2D eigenvalue weighted by atomic mass is 9.86. The summed E-state index contributed by atoms with van der Waals surface area (Å²) >= 11 is 0. The number of aliphatic hydroxyl groups is 3. The summed E-state index contributed by atoms with van der Waals surface area (Å²) < 4.78 is 22.6. The number of nitrogens with one attached hydrogen (secondary N) is 1. The second-order valence-corrected chi connectivity index (χ2v) is 15.0. The van der Waals surface area contributed by atoms with Crippen molar-refractivity contribution >= 4 is 25.6 Å². The number of hydrogen-bond donors (Lipinski definition) is 7. The number of esters is 1. The Kier molecular flexibility index (Phi) is 20.8. The number of unbranched alkanes of at least 4 members (excludes halogenated alkanes) is 7. The Balaban J connectivity index is 2.05. The van der Waals surface area contributed by atoms with Crippen LogP contribution in [0.4, 0.5) is 0 Å². The predicted molar refractivity (Wildman–Crippen MR) is 194 cm³/mol. The molecule has 0 aromatic rings. The molecule has 1 aliphatic heterocycles. The summed E-state index contributed by atoms with van der Waals surface area (Å²) in [5.41, 5.74) is 3.06. The van der Waals surface area contributed by atoms with Gasteiger partial charge in [0.15, 0.2) is 0 Å². The zero-order valence-electron chi connectivity index (χ0n) is 30.0. The molecular formula is C37H61N2O11P. The molecule has 13 nitrogen and oxygen atoms in total. The number of primary amides is 1.